The Labute approximate surface area is 185 Å². The number of rotatable bonds is 6. The maximum absolute atomic E-state index is 12.6. The first kappa shape index (κ1) is 21.1. The summed E-state index contributed by atoms with van der Waals surface area (Å²) in [5, 5.41) is 5.07. The predicted octanol–water partition coefficient (Wildman–Crippen LogP) is 4.39. The van der Waals surface area contributed by atoms with Gasteiger partial charge >= 0.3 is 0 Å². The molecule has 7 nitrogen and oxygen atoms in total. The van der Waals surface area contributed by atoms with Crippen molar-refractivity contribution in [3.8, 4) is 17.2 Å². The van der Waals surface area contributed by atoms with E-state index in [-0.39, 0.29) is 11.5 Å². The fraction of sp³-hybridized carbons (Fsp3) is 0.160. The van der Waals surface area contributed by atoms with Crippen molar-refractivity contribution in [1.82, 2.24) is 5.32 Å². The average Bonchev–Trinajstić information content (AvgIpc) is 3.04. The van der Waals surface area contributed by atoms with Crippen LogP contribution in [0.5, 0.6) is 17.2 Å². The molecule has 7 heteroatoms. The number of hydrogen-bond acceptors (Lipinski definition) is 5. The molecule has 162 valence electrons. The maximum atomic E-state index is 12.6. The van der Waals surface area contributed by atoms with Gasteiger partial charge in [-0.05, 0) is 68.3 Å². The van der Waals surface area contributed by atoms with Gasteiger partial charge in [0, 0.05) is 11.8 Å². The van der Waals surface area contributed by atoms with Crippen LogP contribution in [-0.2, 0) is 4.79 Å². The first-order valence-corrected chi connectivity index (χ1v) is 10.1. The lowest BCUT2D eigenvalue weighted by Crippen LogP contribution is -2.30. The number of amides is 3. The number of hydrogen-bond donors (Lipinski definition) is 2. The zero-order valence-electron chi connectivity index (χ0n) is 17.9. The Morgan fingerprint density at radius 3 is 2.47 bits per heavy atom. The second kappa shape index (κ2) is 8.55. The Kier molecular flexibility index (Phi) is 5.64. The van der Waals surface area contributed by atoms with Crippen molar-refractivity contribution in [2.45, 2.75) is 26.9 Å². The number of aryl methyl sites for hydroxylation is 2. The number of ether oxygens (including phenoxy) is 2. The van der Waals surface area contributed by atoms with Crippen molar-refractivity contribution >= 4 is 23.4 Å². The van der Waals surface area contributed by atoms with Gasteiger partial charge in [0.05, 0.1) is 11.1 Å². The van der Waals surface area contributed by atoms with Crippen LogP contribution in [0.15, 0.2) is 60.7 Å². The molecule has 4 rings (SSSR count). The van der Waals surface area contributed by atoms with E-state index < -0.39 is 17.9 Å². The van der Waals surface area contributed by atoms with Crippen LogP contribution in [0.25, 0.3) is 0 Å². The van der Waals surface area contributed by atoms with Gasteiger partial charge in [0.25, 0.3) is 17.7 Å². The van der Waals surface area contributed by atoms with Crippen molar-refractivity contribution in [3.05, 3.63) is 82.9 Å². The number of anilines is 1. The van der Waals surface area contributed by atoms with Gasteiger partial charge in [-0.2, -0.15) is 0 Å². The molecule has 3 aromatic rings. The smallest absolute Gasteiger partial charge is 0.265 e. The molecule has 0 spiro atoms. The lowest BCUT2D eigenvalue weighted by Gasteiger charge is -2.17. The third-order valence-corrected chi connectivity index (χ3v) is 5.06. The van der Waals surface area contributed by atoms with Gasteiger partial charge in [0.1, 0.15) is 17.2 Å². The highest BCUT2D eigenvalue weighted by Gasteiger charge is 2.27. The lowest BCUT2D eigenvalue weighted by molar-refractivity contribution is -0.122. The van der Waals surface area contributed by atoms with Crippen molar-refractivity contribution < 1.29 is 23.9 Å². The molecule has 1 aliphatic heterocycles. The van der Waals surface area contributed by atoms with E-state index in [0.29, 0.717) is 28.5 Å². The van der Waals surface area contributed by atoms with E-state index in [1.165, 1.54) is 6.07 Å². The largest absolute Gasteiger partial charge is 0.481 e. The van der Waals surface area contributed by atoms with Crippen LogP contribution in [0.2, 0.25) is 0 Å². The summed E-state index contributed by atoms with van der Waals surface area (Å²) in [6.07, 6.45) is -0.701. The number of imide groups is 1. The maximum Gasteiger partial charge on any atom is 0.265 e. The van der Waals surface area contributed by atoms with E-state index in [1.54, 1.807) is 43.3 Å². The van der Waals surface area contributed by atoms with Gasteiger partial charge in [-0.15, -0.1) is 0 Å². The van der Waals surface area contributed by atoms with Crippen LogP contribution in [0, 0.1) is 13.8 Å². The second-order valence-electron chi connectivity index (χ2n) is 7.64. The van der Waals surface area contributed by atoms with Gasteiger partial charge in [-0.25, -0.2) is 0 Å². The summed E-state index contributed by atoms with van der Waals surface area (Å²) in [4.78, 5) is 36.1. The lowest BCUT2D eigenvalue weighted by atomic mass is 10.1. The Balaban J connectivity index is 1.43. The third-order valence-electron chi connectivity index (χ3n) is 5.06. The number of carbonyl (C=O) groups is 3. The second-order valence-corrected chi connectivity index (χ2v) is 7.64. The van der Waals surface area contributed by atoms with Crippen LogP contribution < -0.4 is 20.1 Å². The van der Waals surface area contributed by atoms with E-state index >= 15 is 0 Å². The summed E-state index contributed by atoms with van der Waals surface area (Å²) in [7, 11) is 0. The van der Waals surface area contributed by atoms with Crippen molar-refractivity contribution in [2.24, 2.45) is 0 Å². The van der Waals surface area contributed by atoms with Gasteiger partial charge in [0.15, 0.2) is 6.10 Å². The summed E-state index contributed by atoms with van der Waals surface area (Å²) in [5.41, 5.74) is 3.14. The molecule has 32 heavy (non-hydrogen) atoms. The zero-order valence-corrected chi connectivity index (χ0v) is 17.9. The molecule has 1 atom stereocenters. The van der Waals surface area contributed by atoms with E-state index in [0.717, 1.165) is 11.1 Å². The van der Waals surface area contributed by atoms with E-state index in [4.69, 9.17) is 9.47 Å². The molecule has 1 heterocycles. The minimum Gasteiger partial charge on any atom is -0.481 e. The summed E-state index contributed by atoms with van der Waals surface area (Å²) in [5.74, 6) is 0.381. The van der Waals surface area contributed by atoms with E-state index in [9.17, 15) is 14.4 Å². The molecule has 3 amide bonds. The molecule has 0 bridgehead atoms. The number of fused-ring (bicyclic) bond motifs is 1. The minimum absolute atomic E-state index is 0.273. The highest BCUT2D eigenvalue weighted by molar-refractivity contribution is 6.21. The van der Waals surface area contributed by atoms with Gasteiger partial charge < -0.3 is 14.8 Å². The molecule has 0 fully saturated rings. The number of carbonyl (C=O) groups excluding carboxylic acids is 3. The van der Waals surface area contributed by atoms with Crippen LogP contribution in [-0.4, -0.2) is 23.8 Å². The highest BCUT2D eigenvalue weighted by Crippen LogP contribution is 2.28. The first-order chi connectivity index (χ1) is 15.3. The number of nitrogens with one attached hydrogen (secondary N) is 2. The van der Waals surface area contributed by atoms with Crippen LogP contribution in [0.4, 0.5) is 5.69 Å². The normalized spacial score (nSPS) is 13.2. The zero-order chi connectivity index (χ0) is 22.8. The molecule has 3 aromatic carbocycles. The Hall–Kier alpha value is -4.13. The van der Waals surface area contributed by atoms with Gasteiger partial charge in [0.2, 0.25) is 0 Å². The highest BCUT2D eigenvalue weighted by atomic mass is 16.5. The van der Waals surface area contributed by atoms with Crippen LogP contribution in [0.1, 0.15) is 38.8 Å². The summed E-state index contributed by atoms with van der Waals surface area (Å²) in [6.45, 7) is 5.58. The fourth-order valence-electron chi connectivity index (χ4n) is 3.31. The van der Waals surface area contributed by atoms with Gasteiger partial charge in [-0.3, -0.25) is 19.7 Å². The van der Waals surface area contributed by atoms with Crippen molar-refractivity contribution in [3.63, 3.8) is 0 Å². The standard InChI is InChI=1S/C25H22N2O5/c1-14-7-8-15(2)22(11-14)31-16(3)23(28)26-17-5-4-6-18(12-17)32-19-9-10-20-21(13-19)25(30)27-24(20)29/h4-13,16H,1-3H3,(H,26,28)(H,27,29,30). The quantitative estimate of drug-likeness (QED) is 0.566. The minimum atomic E-state index is -0.701. The van der Waals surface area contributed by atoms with E-state index in [2.05, 4.69) is 10.6 Å². The van der Waals surface area contributed by atoms with Gasteiger partial charge in [-0.1, -0.05) is 18.2 Å². The molecule has 1 unspecified atom stereocenters. The molecule has 0 aromatic heterocycles. The number of benzene rings is 3. The molecular formula is C25H22N2O5. The van der Waals surface area contributed by atoms with E-state index in [1.807, 2.05) is 32.0 Å². The van der Waals surface area contributed by atoms with Crippen LogP contribution >= 0.6 is 0 Å². The predicted molar refractivity (Wildman–Crippen MR) is 119 cm³/mol. The summed E-state index contributed by atoms with van der Waals surface area (Å²) >= 11 is 0. The molecule has 0 radical (unpaired) electrons. The first-order valence-electron chi connectivity index (χ1n) is 10.1. The molecule has 1 aliphatic rings. The van der Waals surface area contributed by atoms with Crippen molar-refractivity contribution in [2.75, 3.05) is 5.32 Å². The Bertz CT molecular complexity index is 1230. The van der Waals surface area contributed by atoms with Crippen molar-refractivity contribution in [1.29, 1.82) is 0 Å². The average molecular weight is 430 g/mol. The topological polar surface area (TPSA) is 93.7 Å². The summed E-state index contributed by atoms with van der Waals surface area (Å²) < 4.78 is 11.7. The SMILES string of the molecule is Cc1ccc(C)c(OC(C)C(=O)Nc2cccc(Oc3ccc4c(c3)C(=O)NC4=O)c2)c1. The molecule has 2 N–H and O–H groups in total. The summed E-state index contributed by atoms with van der Waals surface area (Å²) in [6, 6.07) is 17.4. The van der Waals surface area contributed by atoms with Crippen LogP contribution in [0.3, 0.4) is 0 Å². The molecular weight excluding hydrogens is 408 g/mol. The molecule has 0 saturated carbocycles. The monoisotopic (exact) mass is 430 g/mol. The third kappa shape index (κ3) is 4.46. The Morgan fingerprint density at radius 2 is 1.66 bits per heavy atom. The molecule has 0 saturated heterocycles. The molecule has 0 aliphatic carbocycles. The fourth-order valence-corrected chi connectivity index (χ4v) is 3.31. The Morgan fingerprint density at radius 1 is 0.906 bits per heavy atom.